The van der Waals surface area contributed by atoms with Gasteiger partial charge >= 0.3 is 5.97 Å². The number of H-pyrrole nitrogens is 1. The summed E-state index contributed by atoms with van der Waals surface area (Å²) in [5, 5.41) is 7.75. The number of aromatic nitrogens is 2. The van der Waals surface area contributed by atoms with Gasteiger partial charge in [0.25, 0.3) is 0 Å². The lowest BCUT2D eigenvalue weighted by atomic mass is 10.2. The maximum Gasteiger partial charge on any atom is 0.359 e. The van der Waals surface area contributed by atoms with Crippen LogP contribution >= 0.6 is 23.2 Å². The van der Waals surface area contributed by atoms with Crippen LogP contribution in [0.2, 0.25) is 10.0 Å². The molecule has 1 aromatic heterocycles. The van der Waals surface area contributed by atoms with Gasteiger partial charge in [-0.25, -0.2) is 4.79 Å². The van der Waals surface area contributed by atoms with Crippen molar-refractivity contribution < 1.29 is 9.53 Å². The number of aromatic amines is 1. The molecule has 84 valence electrons. The van der Waals surface area contributed by atoms with Crippen LogP contribution in [0.5, 0.6) is 0 Å². The number of hydrogen-bond donors (Lipinski definition) is 1. The van der Waals surface area contributed by atoms with Crippen LogP contribution in [0.15, 0.2) is 12.1 Å². The van der Waals surface area contributed by atoms with Gasteiger partial charge in [0.2, 0.25) is 0 Å². The third kappa shape index (κ3) is 1.74. The van der Waals surface area contributed by atoms with Gasteiger partial charge in [-0.1, -0.05) is 23.2 Å². The van der Waals surface area contributed by atoms with Crippen LogP contribution < -0.4 is 0 Å². The molecule has 0 saturated heterocycles. The molecule has 0 unspecified atom stereocenters. The molecular formula is C10H8Cl2N2O2. The quantitative estimate of drug-likeness (QED) is 0.843. The normalized spacial score (nSPS) is 10.7. The molecule has 0 aliphatic rings. The summed E-state index contributed by atoms with van der Waals surface area (Å²) in [6.07, 6.45) is 0. The van der Waals surface area contributed by atoms with Crippen molar-refractivity contribution in [1.82, 2.24) is 10.2 Å². The van der Waals surface area contributed by atoms with Gasteiger partial charge in [-0.3, -0.25) is 5.10 Å². The highest BCUT2D eigenvalue weighted by Crippen LogP contribution is 2.32. The standard InChI is InChI=1S/C10H8Cl2N2O2/c1-2-16-10(15)9-7-6(13-14-9)4-3-5(11)8(7)12/h3-4H,2H2,1H3,(H,13,14). The van der Waals surface area contributed by atoms with Crippen LogP contribution in [0.1, 0.15) is 17.4 Å². The number of hydrogen-bond acceptors (Lipinski definition) is 3. The molecule has 16 heavy (non-hydrogen) atoms. The second-order valence-corrected chi connectivity index (χ2v) is 3.86. The summed E-state index contributed by atoms with van der Waals surface area (Å²) in [5.74, 6) is -0.516. The van der Waals surface area contributed by atoms with E-state index in [1.54, 1.807) is 19.1 Å². The van der Waals surface area contributed by atoms with E-state index in [0.29, 0.717) is 20.9 Å². The highest BCUT2D eigenvalue weighted by atomic mass is 35.5. The molecule has 0 aliphatic heterocycles. The second kappa shape index (κ2) is 4.31. The van der Waals surface area contributed by atoms with Crippen molar-refractivity contribution >= 4 is 40.1 Å². The summed E-state index contributed by atoms with van der Waals surface area (Å²) in [7, 11) is 0. The molecule has 0 radical (unpaired) electrons. The van der Waals surface area contributed by atoms with Crippen LogP contribution in [0.25, 0.3) is 10.9 Å². The number of rotatable bonds is 2. The van der Waals surface area contributed by atoms with Crippen molar-refractivity contribution in [3.05, 3.63) is 27.9 Å². The topological polar surface area (TPSA) is 55.0 Å². The first-order chi connectivity index (χ1) is 7.65. The molecular weight excluding hydrogens is 251 g/mol. The minimum atomic E-state index is -0.516. The molecule has 0 atom stereocenters. The van der Waals surface area contributed by atoms with Crippen molar-refractivity contribution in [2.24, 2.45) is 0 Å². The molecule has 2 aromatic rings. The van der Waals surface area contributed by atoms with Gasteiger partial charge < -0.3 is 4.74 Å². The van der Waals surface area contributed by atoms with Crippen molar-refractivity contribution in [3.8, 4) is 0 Å². The Balaban J connectivity index is 2.63. The zero-order valence-corrected chi connectivity index (χ0v) is 9.89. The number of nitrogens with zero attached hydrogens (tertiary/aromatic N) is 1. The predicted molar refractivity (Wildman–Crippen MR) is 62.1 cm³/mol. The monoisotopic (exact) mass is 258 g/mol. The summed E-state index contributed by atoms with van der Waals surface area (Å²) < 4.78 is 4.87. The number of fused-ring (bicyclic) bond motifs is 1. The maximum absolute atomic E-state index is 11.6. The van der Waals surface area contributed by atoms with Gasteiger partial charge in [0.05, 0.1) is 27.6 Å². The average Bonchev–Trinajstić information content (AvgIpc) is 2.68. The van der Waals surface area contributed by atoms with Gasteiger partial charge in [-0.15, -0.1) is 0 Å². The summed E-state index contributed by atoms with van der Waals surface area (Å²) in [5.41, 5.74) is 0.807. The minimum Gasteiger partial charge on any atom is -0.461 e. The number of esters is 1. The Labute approximate surface area is 101 Å². The fourth-order valence-corrected chi connectivity index (χ4v) is 1.81. The maximum atomic E-state index is 11.6. The van der Waals surface area contributed by atoms with E-state index in [9.17, 15) is 4.79 Å². The van der Waals surface area contributed by atoms with Gasteiger partial charge in [-0.2, -0.15) is 5.10 Å². The van der Waals surface area contributed by atoms with Crippen LogP contribution in [-0.2, 0) is 4.74 Å². The molecule has 0 bridgehead atoms. The van der Waals surface area contributed by atoms with Crippen LogP contribution in [-0.4, -0.2) is 22.8 Å². The van der Waals surface area contributed by atoms with E-state index in [0.717, 1.165) is 0 Å². The predicted octanol–water partition coefficient (Wildman–Crippen LogP) is 3.05. The number of benzene rings is 1. The van der Waals surface area contributed by atoms with E-state index in [4.69, 9.17) is 27.9 Å². The van der Waals surface area contributed by atoms with Crippen molar-refractivity contribution in [3.63, 3.8) is 0 Å². The molecule has 1 N–H and O–H groups in total. The summed E-state index contributed by atoms with van der Waals surface area (Å²) >= 11 is 11.9. The van der Waals surface area contributed by atoms with E-state index in [2.05, 4.69) is 10.2 Å². The third-order valence-corrected chi connectivity index (χ3v) is 2.89. The number of carbonyl (C=O) groups excluding carboxylic acids is 1. The van der Waals surface area contributed by atoms with E-state index in [1.165, 1.54) is 0 Å². The Hall–Kier alpha value is -1.26. The van der Waals surface area contributed by atoms with Gasteiger partial charge in [0.1, 0.15) is 0 Å². The Morgan fingerprint density at radius 1 is 1.50 bits per heavy atom. The summed E-state index contributed by atoms with van der Waals surface area (Å²) in [6, 6.07) is 3.35. The smallest absolute Gasteiger partial charge is 0.359 e. The van der Waals surface area contributed by atoms with Gasteiger partial charge in [0, 0.05) is 0 Å². The molecule has 6 heteroatoms. The largest absolute Gasteiger partial charge is 0.461 e. The SMILES string of the molecule is CCOC(=O)c1n[nH]c2ccc(Cl)c(Cl)c12. The lowest BCUT2D eigenvalue weighted by Crippen LogP contribution is -2.05. The Bertz CT molecular complexity index is 551. The molecule has 1 aromatic carbocycles. The molecule has 0 saturated carbocycles. The molecule has 0 aliphatic carbocycles. The Morgan fingerprint density at radius 3 is 2.94 bits per heavy atom. The third-order valence-electron chi connectivity index (χ3n) is 2.09. The fourth-order valence-electron chi connectivity index (χ4n) is 1.39. The molecule has 4 nitrogen and oxygen atoms in total. The summed E-state index contributed by atoms with van der Waals surface area (Å²) in [6.45, 7) is 2.01. The molecule has 0 fully saturated rings. The first-order valence-electron chi connectivity index (χ1n) is 4.64. The lowest BCUT2D eigenvalue weighted by molar-refractivity contribution is 0.0521. The van der Waals surface area contributed by atoms with E-state index >= 15 is 0 Å². The molecule has 0 spiro atoms. The fraction of sp³-hybridized carbons (Fsp3) is 0.200. The first-order valence-corrected chi connectivity index (χ1v) is 5.40. The summed E-state index contributed by atoms with van der Waals surface area (Å²) in [4.78, 5) is 11.6. The van der Waals surface area contributed by atoms with Gasteiger partial charge in [-0.05, 0) is 19.1 Å². The Morgan fingerprint density at radius 2 is 2.25 bits per heavy atom. The zero-order valence-electron chi connectivity index (χ0n) is 8.38. The van der Waals surface area contributed by atoms with Crippen molar-refractivity contribution in [2.75, 3.05) is 6.61 Å². The van der Waals surface area contributed by atoms with Crippen LogP contribution in [0.3, 0.4) is 0 Å². The second-order valence-electron chi connectivity index (χ2n) is 3.08. The molecule has 1 heterocycles. The van der Waals surface area contributed by atoms with E-state index in [1.807, 2.05) is 0 Å². The molecule has 0 amide bonds. The highest BCUT2D eigenvalue weighted by Gasteiger charge is 2.18. The van der Waals surface area contributed by atoms with Crippen LogP contribution in [0, 0.1) is 0 Å². The van der Waals surface area contributed by atoms with E-state index < -0.39 is 5.97 Å². The van der Waals surface area contributed by atoms with E-state index in [-0.39, 0.29) is 12.3 Å². The lowest BCUT2D eigenvalue weighted by Gasteiger charge is -2.00. The van der Waals surface area contributed by atoms with Crippen LogP contribution in [0.4, 0.5) is 0 Å². The number of carbonyl (C=O) groups is 1. The minimum absolute atomic E-state index is 0.157. The first kappa shape index (κ1) is 11.2. The number of ether oxygens (including phenoxy) is 1. The highest BCUT2D eigenvalue weighted by molar-refractivity contribution is 6.45. The number of halogens is 2. The Kier molecular flexibility index (Phi) is 3.03. The van der Waals surface area contributed by atoms with Crippen molar-refractivity contribution in [1.29, 1.82) is 0 Å². The van der Waals surface area contributed by atoms with Gasteiger partial charge in [0.15, 0.2) is 5.69 Å². The molecule has 2 rings (SSSR count). The number of nitrogens with one attached hydrogen (secondary N) is 1. The van der Waals surface area contributed by atoms with Crippen molar-refractivity contribution in [2.45, 2.75) is 6.92 Å². The zero-order chi connectivity index (χ0) is 11.7. The average molecular weight is 259 g/mol.